The van der Waals surface area contributed by atoms with Crippen molar-refractivity contribution >= 4 is 5.97 Å². The number of carbonyl (C=O) groups is 1. The van der Waals surface area contributed by atoms with Crippen LogP contribution in [0.15, 0.2) is 12.1 Å². The van der Waals surface area contributed by atoms with Crippen LogP contribution in [0.3, 0.4) is 0 Å². The van der Waals surface area contributed by atoms with E-state index in [1.54, 1.807) is 0 Å². The van der Waals surface area contributed by atoms with E-state index in [0.717, 1.165) is 12.1 Å². The number of benzene rings is 1. The molecule has 0 unspecified atom stereocenters. The van der Waals surface area contributed by atoms with E-state index in [0.29, 0.717) is 6.42 Å². The number of rotatable bonds is 4. The Labute approximate surface area is 104 Å². The minimum absolute atomic E-state index is 0.00599. The third kappa shape index (κ3) is 3.98. The molecule has 100 valence electrons. The lowest BCUT2D eigenvalue weighted by Crippen LogP contribution is -2.12. The summed E-state index contributed by atoms with van der Waals surface area (Å²) in [5.41, 5.74) is -0.443. The second-order valence-electron chi connectivity index (χ2n) is 5.23. The maximum atomic E-state index is 13.5. The van der Waals surface area contributed by atoms with Crippen LogP contribution in [0.5, 0.6) is 5.75 Å². The van der Waals surface area contributed by atoms with Crippen LogP contribution in [0.25, 0.3) is 0 Å². The van der Waals surface area contributed by atoms with Crippen LogP contribution in [-0.2, 0) is 0 Å². The van der Waals surface area contributed by atoms with Crippen LogP contribution in [0.4, 0.5) is 8.78 Å². The summed E-state index contributed by atoms with van der Waals surface area (Å²) in [6.45, 7) is 6.12. The van der Waals surface area contributed by atoms with Gasteiger partial charge in [0.05, 0.1) is 12.2 Å². The van der Waals surface area contributed by atoms with Gasteiger partial charge >= 0.3 is 5.97 Å². The maximum Gasteiger partial charge on any atom is 0.335 e. The molecule has 1 N–H and O–H groups in total. The van der Waals surface area contributed by atoms with Crippen LogP contribution in [0, 0.1) is 17.0 Å². The smallest absolute Gasteiger partial charge is 0.335 e. The Morgan fingerprint density at radius 2 is 1.78 bits per heavy atom. The SMILES string of the molecule is CC(C)(C)CCOc1c(F)cc(C(=O)O)cc1F. The maximum absolute atomic E-state index is 13.5. The highest BCUT2D eigenvalue weighted by Gasteiger charge is 2.17. The van der Waals surface area contributed by atoms with Gasteiger partial charge in [-0.3, -0.25) is 0 Å². The Balaban J connectivity index is 2.81. The first kappa shape index (κ1) is 14.4. The molecule has 0 spiro atoms. The summed E-state index contributed by atoms with van der Waals surface area (Å²) in [6.07, 6.45) is 0.632. The van der Waals surface area contributed by atoms with Gasteiger partial charge in [0, 0.05) is 0 Å². The summed E-state index contributed by atoms with van der Waals surface area (Å²) in [6, 6.07) is 1.50. The second-order valence-corrected chi connectivity index (χ2v) is 5.23. The van der Waals surface area contributed by atoms with E-state index in [2.05, 4.69) is 0 Å². The molecule has 0 saturated heterocycles. The zero-order valence-electron chi connectivity index (χ0n) is 10.6. The van der Waals surface area contributed by atoms with Gasteiger partial charge in [-0.05, 0) is 24.0 Å². The minimum atomic E-state index is -1.38. The molecule has 0 aliphatic carbocycles. The van der Waals surface area contributed by atoms with Crippen molar-refractivity contribution in [3.05, 3.63) is 29.3 Å². The first-order valence-electron chi connectivity index (χ1n) is 5.56. The van der Waals surface area contributed by atoms with Crippen molar-refractivity contribution < 1.29 is 23.4 Å². The third-order valence-electron chi connectivity index (χ3n) is 2.34. The average molecular weight is 258 g/mol. The molecule has 3 nitrogen and oxygen atoms in total. The fourth-order valence-corrected chi connectivity index (χ4v) is 1.28. The van der Waals surface area contributed by atoms with E-state index >= 15 is 0 Å². The Hall–Kier alpha value is -1.65. The second kappa shape index (κ2) is 5.33. The Bertz CT molecular complexity index is 427. The zero-order chi connectivity index (χ0) is 13.9. The highest BCUT2D eigenvalue weighted by Crippen LogP contribution is 2.25. The third-order valence-corrected chi connectivity index (χ3v) is 2.34. The predicted molar refractivity (Wildman–Crippen MR) is 62.9 cm³/mol. The largest absolute Gasteiger partial charge is 0.488 e. The molecule has 0 aliphatic heterocycles. The molecule has 0 fully saturated rings. The molecular weight excluding hydrogens is 242 g/mol. The topological polar surface area (TPSA) is 46.5 Å². The van der Waals surface area contributed by atoms with Crippen molar-refractivity contribution in [2.24, 2.45) is 5.41 Å². The summed E-state index contributed by atoms with van der Waals surface area (Å²) in [4.78, 5) is 10.6. The van der Waals surface area contributed by atoms with Crippen LogP contribution in [0.1, 0.15) is 37.6 Å². The number of carboxylic acid groups (broad SMARTS) is 1. The standard InChI is InChI=1S/C13H16F2O3/c1-13(2,3)4-5-18-11-9(14)6-8(12(16)17)7-10(11)15/h6-7H,4-5H2,1-3H3,(H,16,17). The lowest BCUT2D eigenvalue weighted by atomic mass is 9.93. The van der Waals surface area contributed by atoms with Crippen molar-refractivity contribution in [1.82, 2.24) is 0 Å². The van der Waals surface area contributed by atoms with Crippen molar-refractivity contribution in [2.45, 2.75) is 27.2 Å². The molecule has 0 heterocycles. The summed E-state index contributed by atoms with van der Waals surface area (Å²) in [5, 5.41) is 8.63. The first-order chi connectivity index (χ1) is 8.20. The van der Waals surface area contributed by atoms with Gasteiger partial charge in [-0.1, -0.05) is 20.8 Å². The molecule has 18 heavy (non-hydrogen) atoms. The molecule has 0 bridgehead atoms. The number of carboxylic acids is 1. The molecule has 1 aromatic rings. The molecule has 5 heteroatoms. The fourth-order valence-electron chi connectivity index (χ4n) is 1.28. The molecular formula is C13H16F2O3. The van der Waals surface area contributed by atoms with Gasteiger partial charge in [0.1, 0.15) is 0 Å². The zero-order valence-corrected chi connectivity index (χ0v) is 10.6. The van der Waals surface area contributed by atoms with Crippen molar-refractivity contribution in [3.63, 3.8) is 0 Å². The van der Waals surface area contributed by atoms with E-state index in [1.165, 1.54) is 0 Å². The quantitative estimate of drug-likeness (QED) is 0.899. The Kier molecular flexibility index (Phi) is 4.27. The predicted octanol–water partition coefficient (Wildman–Crippen LogP) is 3.48. The van der Waals surface area contributed by atoms with Crippen LogP contribution < -0.4 is 4.74 Å². The van der Waals surface area contributed by atoms with E-state index in [9.17, 15) is 13.6 Å². The summed E-state index contributed by atoms with van der Waals surface area (Å²) in [5.74, 6) is -3.90. The molecule has 0 saturated carbocycles. The molecule has 0 aliphatic rings. The van der Waals surface area contributed by atoms with E-state index in [1.807, 2.05) is 20.8 Å². The summed E-state index contributed by atoms with van der Waals surface area (Å²) < 4.78 is 32.0. The van der Waals surface area contributed by atoms with Crippen molar-refractivity contribution in [2.75, 3.05) is 6.61 Å². The number of hydrogen-bond donors (Lipinski definition) is 1. The van der Waals surface area contributed by atoms with E-state index in [-0.39, 0.29) is 12.0 Å². The van der Waals surface area contributed by atoms with Gasteiger partial charge in [0.2, 0.25) is 0 Å². The van der Waals surface area contributed by atoms with Crippen molar-refractivity contribution in [1.29, 1.82) is 0 Å². The number of halogens is 2. The monoisotopic (exact) mass is 258 g/mol. The van der Waals surface area contributed by atoms with E-state index < -0.39 is 28.9 Å². The summed E-state index contributed by atoms with van der Waals surface area (Å²) >= 11 is 0. The first-order valence-corrected chi connectivity index (χ1v) is 5.56. The molecule has 0 radical (unpaired) electrons. The molecule has 1 aromatic carbocycles. The lowest BCUT2D eigenvalue weighted by molar-refractivity contribution is 0.0695. The highest BCUT2D eigenvalue weighted by atomic mass is 19.1. The number of aromatic carboxylic acids is 1. The Morgan fingerprint density at radius 3 is 2.17 bits per heavy atom. The van der Waals surface area contributed by atoms with Gasteiger partial charge in [0.25, 0.3) is 0 Å². The van der Waals surface area contributed by atoms with Crippen LogP contribution >= 0.6 is 0 Å². The number of hydrogen-bond acceptors (Lipinski definition) is 2. The summed E-state index contributed by atoms with van der Waals surface area (Å²) in [7, 11) is 0. The van der Waals surface area contributed by atoms with Crippen molar-refractivity contribution in [3.8, 4) is 5.75 Å². The van der Waals surface area contributed by atoms with E-state index in [4.69, 9.17) is 9.84 Å². The van der Waals surface area contributed by atoms with Crippen LogP contribution in [-0.4, -0.2) is 17.7 Å². The van der Waals surface area contributed by atoms with Gasteiger partial charge in [-0.15, -0.1) is 0 Å². The molecule has 0 amide bonds. The molecule has 0 atom stereocenters. The van der Waals surface area contributed by atoms with Gasteiger partial charge in [0.15, 0.2) is 17.4 Å². The molecule has 0 aromatic heterocycles. The minimum Gasteiger partial charge on any atom is -0.488 e. The normalized spacial score (nSPS) is 11.4. The average Bonchev–Trinajstić information content (AvgIpc) is 2.20. The van der Waals surface area contributed by atoms with Gasteiger partial charge in [-0.2, -0.15) is 0 Å². The molecule has 1 rings (SSSR count). The lowest BCUT2D eigenvalue weighted by Gasteiger charge is -2.18. The van der Waals surface area contributed by atoms with Gasteiger partial charge < -0.3 is 9.84 Å². The fraction of sp³-hybridized carbons (Fsp3) is 0.462. The highest BCUT2D eigenvalue weighted by molar-refractivity contribution is 5.87. The van der Waals surface area contributed by atoms with Crippen LogP contribution in [0.2, 0.25) is 0 Å². The number of ether oxygens (including phenoxy) is 1. The Morgan fingerprint density at radius 1 is 1.28 bits per heavy atom. The van der Waals surface area contributed by atoms with Gasteiger partial charge in [-0.25, -0.2) is 13.6 Å².